The Morgan fingerprint density at radius 2 is 2.19 bits per heavy atom. The van der Waals surface area contributed by atoms with Gasteiger partial charge in [-0.3, -0.25) is 0 Å². The molecule has 1 rings (SSSR count). The first-order chi connectivity index (χ1) is 7.67. The van der Waals surface area contributed by atoms with Crippen molar-refractivity contribution in [1.29, 1.82) is 5.26 Å². The van der Waals surface area contributed by atoms with E-state index in [-0.39, 0.29) is 0 Å². The summed E-state index contributed by atoms with van der Waals surface area (Å²) in [7, 11) is 0. The zero-order chi connectivity index (χ0) is 12.0. The molecular formula is C11H11NO4. The molecule has 0 fully saturated rings. The fourth-order valence-electron chi connectivity index (χ4n) is 1.10. The third kappa shape index (κ3) is 3.17. The molecule has 84 valence electrons. The van der Waals surface area contributed by atoms with Crippen LogP contribution in [0.4, 0.5) is 0 Å². The van der Waals surface area contributed by atoms with E-state index in [0.29, 0.717) is 23.7 Å². The number of carboxylic acids is 1. The lowest BCUT2D eigenvalue weighted by atomic mass is 10.2. The topological polar surface area (TPSA) is 79.5 Å². The SMILES string of the molecule is CCOc1cc(C#N)ccc1OCC(=O)O. The third-order valence-electron chi connectivity index (χ3n) is 1.72. The molecule has 0 saturated carbocycles. The van der Waals surface area contributed by atoms with E-state index >= 15 is 0 Å². The highest BCUT2D eigenvalue weighted by Gasteiger charge is 2.08. The molecule has 1 N–H and O–H groups in total. The summed E-state index contributed by atoms with van der Waals surface area (Å²) in [5.74, 6) is -0.363. The molecule has 0 saturated heterocycles. The Bertz CT molecular complexity index is 422. The fraction of sp³-hybridized carbons (Fsp3) is 0.273. The number of aliphatic carboxylic acids is 1. The second-order valence-corrected chi connectivity index (χ2v) is 2.89. The van der Waals surface area contributed by atoms with Gasteiger partial charge in [0.05, 0.1) is 18.2 Å². The molecule has 1 aromatic rings. The van der Waals surface area contributed by atoms with Gasteiger partial charge in [0, 0.05) is 6.07 Å². The standard InChI is InChI=1S/C11H11NO4/c1-2-15-10-5-8(6-12)3-4-9(10)16-7-11(13)14/h3-5H,2,7H2,1H3,(H,13,14). The summed E-state index contributed by atoms with van der Waals surface area (Å²) in [6.45, 7) is 1.77. The monoisotopic (exact) mass is 221 g/mol. The average Bonchev–Trinajstić information content (AvgIpc) is 2.27. The molecule has 5 nitrogen and oxygen atoms in total. The maximum atomic E-state index is 10.3. The van der Waals surface area contributed by atoms with Crippen molar-refractivity contribution in [2.75, 3.05) is 13.2 Å². The lowest BCUT2D eigenvalue weighted by Crippen LogP contribution is -2.10. The lowest BCUT2D eigenvalue weighted by Gasteiger charge is -2.10. The van der Waals surface area contributed by atoms with Crippen LogP contribution in [0.2, 0.25) is 0 Å². The smallest absolute Gasteiger partial charge is 0.341 e. The highest BCUT2D eigenvalue weighted by atomic mass is 16.5. The molecule has 0 unspecified atom stereocenters. The molecule has 0 bridgehead atoms. The Morgan fingerprint density at radius 3 is 2.75 bits per heavy atom. The van der Waals surface area contributed by atoms with E-state index in [1.54, 1.807) is 13.0 Å². The normalized spacial score (nSPS) is 9.25. The first kappa shape index (κ1) is 11.9. The lowest BCUT2D eigenvalue weighted by molar-refractivity contribution is -0.139. The van der Waals surface area contributed by atoms with Crippen LogP contribution in [0.3, 0.4) is 0 Å². The van der Waals surface area contributed by atoms with Crippen molar-refractivity contribution in [2.45, 2.75) is 6.92 Å². The predicted molar refractivity (Wildman–Crippen MR) is 55.5 cm³/mol. The Labute approximate surface area is 92.8 Å². The third-order valence-corrected chi connectivity index (χ3v) is 1.72. The van der Waals surface area contributed by atoms with Crippen molar-refractivity contribution in [3.8, 4) is 17.6 Å². The van der Waals surface area contributed by atoms with Crippen LogP contribution in [0.1, 0.15) is 12.5 Å². The summed E-state index contributed by atoms with van der Waals surface area (Å²) < 4.78 is 10.3. The summed E-state index contributed by atoms with van der Waals surface area (Å²) in [5, 5.41) is 17.2. The molecular weight excluding hydrogens is 210 g/mol. The minimum Gasteiger partial charge on any atom is -0.490 e. The highest BCUT2D eigenvalue weighted by Crippen LogP contribution is 2.28. The number of ether oxygens (including phenoxy) is 2. The van der Waals surface area contributed by atoms with Crippen LogP contribution in [-0.4, -0.2) is 24.3 Å². The van der Waals surface area contributed by atoms with Crippen molar-refractivity contribution in [2.24, 2.45) is 0 Å². The van der Waals surface area contributed by atoms with Gasteiger partial charge in [0.1, 0.15) is 0 Å². The van der Waals surface area contributed by atoms with E-state index in [1.807, 2.05) is 6.07 Å². The Hall–Kier alpha value is -2.22. The minimum absolute atomic E-state index is 0.322. The molecule has 0 aliphatic heterocycles. The maximum Gasteiger partial charge on any atom is 0.341 e. The van der Waals surface area contributed by atoms with E-state index in [1.165, 1.54) is 12.1 Å². The van der Waals surface area contributed by atoms with Crippen LogP contribution >= 0.6 is 0 Å². The molecule has 0 spiro atoms. The van der Waals surface area contributed by atoms with Gasteiger partial charge in [-0.05, 0) is 19.1 Å². The van der Waals surface area contributed by atoms with Crippen molar-refractivity contribution in [3.05, 3.63) is 23.8 Å². The number of benzene rings is 1. The number of hydrogen-bond acceptors (Lipinski definition) is 4. The van der Waals surface area contributed by atoms with Gasteiger partial charge in [-0.15, -0.1) is 0 Å². The summed E-state index contributed by atoms with van der Waals surface area (Å²) in [5.41, 5.74) is 0.436. The van der Waals surface area contributed by atoms with Gasteiger partial charge in [0.15, 0.2) is 18.1 Å². The predicted octanol–water partition coefficient (Wildman–Crippen LogP) is 1.42. The number of carboxylic acid groups (broad SMARTS) is 1. The number of carbonyl (C=O) groups is 1. The maximum absolute atomic E-state index is 10.3. The van der Waals surface area contributed by atoms with Gasteiger partial charge >= 0.3 is 5.97 Å². The number of nitrogens with zero attached hydrogens (tertiary/aromatic N) is 1. The summed E-state index contributed by atoms with van der Waals surface area (Å²) in [6, 6.07) is 6.54. The van der Waals surface area contributed by atoms with Crippen LogP contribution in [-0.2, 0) is 4.79 Å². The molecule has 0 heterocycles. The van der Waals surface area contributed by atoms with Crippen LogP contribution in [0.25, 0.3) is 0 Å². The number of rotatable bonds is 5. The second kappa shape index (κ2) is 5.61. The zero-order valence-corrected chi connectivity index (χ0v) is 8.77. The molecule has 16 heavy (non-hydrogen) atoms. The quantitative estimate of drug-likeness (QED) is 0.813. The van der Waals surface area contributed by atoms with Crippen molar-refractivity contribution < 1.29 is 19.4 Å². The molecule has 0 radical (unpaired) electrons. The summed E-state index contributed by atoms with van der Waals surface area (Å²) in [6.07, 6.45) is 0. The average molecular weight is 221 g/mol. The molecule has 0 aliphatic rings. The molecule has 0 amide bonds. The van der Waals surface area contributed by atoms with Crippen LogP contribution in [0, 0.1) is 11.3 Å². The van der Waals surface area contributed by atoms with Crippen LogP contribution in [0.5, 0.6) is 11.5 Å². The van der Waals surface area contributed by atoms with Crippen molar-refractivity contribution in [3.63, 3.8) is 0 Å². The van der Waals surface area contributed by atoms with Gasteiger partial charge < -0.3 is 14.6 Å². The summed E-state index contributed by atoms with van der Waals surface area (Å²) in [4.78, 5) is 10.3. The molecule has 0 atom stereocenters. The Morgan fingerprint density at radius 1 is 1.44 bits per heavy atom. The van der Waals surface area contributed by atoms with Gasteiger partial charge in [-0.2, -0.15) is 5.26 Å². The first-order valence-corrected chi connectivity index (χ1v) is 4.69. The Kier molecular flexibility index (Phi) is 4.16. The molecule has 0 aliphatic carbocycles. The van der Waals surface area contributed by atoms with Gasteiger partial charge in [0.25, 0.3) is 0 Å². The minimum atomic E-state index is -1.06. The molecule has 5 heteroatoms. The van der Waals surface area contributed by atoms with Crippen molar-refractivity contribution >= 4 is 5.97 Å². The largest absolute Gasteiger partial charge is 0.490 e. The first-order valence-electron chi connectivity index (χ1n) is 4.69. The molecule has 1 aromatic carbocycles. The van der Waals surface area contributed by atoms with Gasteiger partial charge in [-0.25, -0.2) is 4.79 Å². The van der Waals surface area contributed by atoms with Crippen LogP contribution < -0.4 is 9.47 Å². The van der Waals surface area contributed by atoms with E-state index < -0.39 is 12.6 Å². The fourth-order valence-corrected chi connectivity index (χ4v) is 1.10. The van der Waals surface area contributed by atoms with E-state index in [0.717, 1.165) is 0 Å². The van der Waals surface area contributed by atoms with Crippen LogP contribution in [0.15, 0.2) is 18.2 Å². The van der Waals surface area contributed by atoms with Gasteiger partial charge in [-0.1, -0.05) is 0 Å². The van der Waals surface area contributed by atoms with E-state index in [9.17, 15) is 4.79 Å². The van der Waals surface area contributed by atoms with E-state index in [2.05, 4.69) is 0 Å². The van der Waals surface area contributed by atoms with E-state index in [4.69, 9.17) is 19.8 Å². The van der Waals surface area contributed by atoms with Gasteiger partial charge in [0.2, 0.25) is 0 Å². The number of hydrogen-bond donors (Lipinski definition) is 1. The zero-order valence-electron chi connectivity index (χ0n) is 8.77. The van der Waals surface area contributed by atoms with Crippen molar-refractivity contribution in [1.82, 2.24) is 0 Å². The second-order valence-electron chi connectivity index (χ2n) is 2.89. The number of nitriles is 1. The highest BCUT2D eigenvalue weighted by molar-refractivity contribution is 5.68. The Balaban J connectivity index is 2.89. The molecule has 0 aromatic heterocycles. The summed E-state index contributed by atoms with van der Waals surface area (Å²) >= 11 is 0.